The third kappa shape index (κ3) is 17.3. The van der Waals surface area contributed by atoms with Crippen LogP contribution in [0.3, 0.4) is 0 Å². The maximum atomic E-state index is 13.3. The molecule has 0 aliphatic rings. The van der Waals surface area contributed by atoms with E-state index in [1.165, 1.54) is 19.1 Å². The van der Waals surface area contributed by atoms with Crippen LogP contribution in [0, 0.1) is 0 Å². The number of hydrogen-bond donors (Lipinski definition) is 10. The van der Waals surface area contributed by atoms with Crippen molar-refractivity contribution in [1.82, 2.24) is 32.1 Å². The largest absolute Gasteiger partial charge is 2.00 e. The summed E-state index contributed by atoms with van der Waals surface area (Å²) in [6.07, 6.45) is 0.302. The van der Waals surface area contributed by atoms with Crippen LogP contribution in [0.5, 0.6) is 5.75 Å². The number of amides is 6. The van der Waals surface area contributed by atoms with E-state index in [9.17, 15) is 33.9 Å². The van der Waals surface area contributed by atoms with Crippen molar-refractivity contribution in [3.8, 4) is 5.75 Å². The Balaban J connectivity index is 0.00000936. The third-order valence-corrected chi connectivity index (χ3v) is 7.99. The number of carbonyl (C=O) groups excluding carboxylic acids is 6. The fourth-order valence-electron chi connectivity index (χ4n) is 4.71. The number of hydrazine groups is 1. The van der Waals surface area contributed by atoms with Crippen LogP contribution in [0.15, 0.2) is 84.9 Å². The predicted molar refractivity (Wildman–Crippen MR) is 193 cm³/mol. The molecule has 0 aromatic heterocycles. The van der Waals surface area contributed by atoms with Gasteiger partial charge in [0, 0.05) is 18.6 Å². The molecule has 11 N–H and O–H groups in total. The molecule has 0 heterocycles. The van der Waals surface area contributed by atoms with Gasteiger partial charge in [-0.1, -0.05) is 72.8 Å². The van der Waals surface area contributed by atoms with Gasteiger partial charge in [-0.15, -0.1) is 0 Å². The molecule has 0 bridgehead atoms. The number of hydrogen-bond acceptors (Lipinski definition) is 10. The van der Waals surface area contributed by atoms with Crippen molar-refractivity contribution in [2.45, 2.75) is 56.4 Å². The van der Waals surface area contributed by atoms with Crippen LogP contribution in [-0.2, 0) is 69.1 Å². The molecule has 0 saturated carbocycles. The molecule has 0 aliphatic heterocycles. The molecule has 0 spiro atoms. The van der Waals surface area contributed by atoms with Crippen LogP contribution >= 0.6 is 12.6 Å². The molecule has 5 atom stereocenters. The Morgan fingerprint density at radius 2 is 1.06 bits per heavy atom. The molecule has 0 unspecified atom stereocenters. The Kier molecular flexibility index (Phi) is 23.8. The van der Waals surface area contributed by atoms with Gasteiger partial charge in [-0.25, -0.2) is 0 Å². The SMILES string of the molecule is C[C@H](NC(=O)[C@@H](N)Cc1ccc(O)cc1)C(=O)NCC(=O)N[C@@H](Cc1ccccc1)C(=O)NNC(=O)[C@H](Cc1ccccc1)NC(=O)[C@@H](N)CS.[Cl-].[Cl-].[Pt+2]. The van der Waals surface area contributed by atoms with Crippen molar-refractivity contribution < 1.29 is 79.8 Å². The van der Waals surface area contributed by atoms with Gasteiger partial charge in [0.05, 0.1) is 18.6 Å². The number of rotatable bonds is 17. The first-order valence-corrected chi connectivity index (χ1v) is 16.7. The van der Waals surface area contributed by atoms with Crippen molar-refractivity contribution in [3.05, 3.63) is 102 Å². The minimum atomic E-state index is -1.19. The summed E-state index contributed by atoms with van der Waals surface area (Å²) in [5, 5.41) is 19.5. The van der Waals surface area contributed by atoms with E-state index in [1.807, 2.05) is 0 Å². The minimum absolute atomic E-state index is 0. The van der Waals surface area contributed by atoms with E-state index in [-0.39, 0.29) is 76.6 Å². The summed E-state index contributed by atoms with van der Waals surface area (Å²) in [5.74, 6) is -3.96. The molecule has 0 saturated heterocycles. The van der Waals surface area contributed by atoms with E-state index in [1.54, 1.807) is 72.8 Å². The first-order chi connectivity index (χ1) is 24.4. The minimum Gasteiger partial charge on any atom is -1.00 e. The number of nitrogens with two attached hydrogens (primary N) is 2. The van der Waals surface area contributed by atoms with E-state index in [0.29, 0.717) is 11.1 Å². The topological polar surface area (TPSA) is 247 Å². The molecule has 0 radical (unpaired) electrons. The van der Waals surface area contributed by atoms with Gasteiger partial charge in [0.25, 0.3) is 11.8 Å². The summed E-state index contributed by atoms with van der Waals surface area (Å²) in [5.41, 5.74) is 18.5. The average Bonchev–Trinajstić information content (AvgIpc) is 3.13. The number of carbonyl (C=O) groups is 6. The van der Waals surface area contributed by atoms with E-state index < -0.39 is 72.2 Å². The zero-order chi connectivity index (χ0) is 37.3. The van der Waals surface area contributed by atoms with Crippen molar-refractivity contribution in [2.75, 3.05) is 12.3 Å². The van der Waals surface area contributed by atoms with Gasteiger partial charge >= 0.3 is 21.1 Å². The summed E-state index contributed by atoms with van der Waals surface area (Å²) in [7, 11) is 0. The molecule has 0 aliphatic carbocycles. The van der Waals surface area contributed by atoms with Crippen LogP contribution in [0.25, 0.3) is 0 Å². The second kappa shape index (κ2) is 25.8. The summed E-state index contributed by atoms with van der Waals surface area (Å²) < 4.78 is 0. The molecule has 54 heavy (non-hydrogen) atoms. The maximum absolute atomic E-state index is 13.3. The van der Waals surface area contributed by atoms with Crippen LogP contribution in [0.2, 0.25) is 0 Å². The van der Waals surface area contributed by atoms with Gasteiger partial charge in [-0.3, -0.25) is 39.6 Å². The number of phenolic OH excluding ortho intramolecular Hbond substituents is 1. The number of nitrogens with one attached hydrogen (secondary N) is 6. The van der Waals surface area contributed by atoms with E-state index in [4.69, 9.17) is 11.5 Å². The zero-order valence-electron chi connectivity index (χ0n) is 29.1. The number of benzene rings is 3. The molecule has 3 aromatic rings. The van der Waals surface area contributed by atoms with Crippen LogP contribution in [-0.4, -0.2) is 83.1 Å². The van der Waals surface area contributed by atoms with Gasteiger partial charge in [0.15, 0.2) is 0 Å². The second-order valence-electron chi connectivity index (χ2n) is 11.8. The molecule has 3 rings (SSSR count). The third-order valence-electron chi connectivity index (χ3n) is 7.60. The normalized spacial score (nSPS) is 12.9. The molecule has 296 valence electrons. The first kappa shape index (κ1) is 49.8. The second-order valence-corrected chi connectivity index (χ2v) is 12.1. The van der Waals surface area contributed by atoms with Crippen LogP contribution in [0.4, 0.5) is 0 Å². The Hall–Kier alpha value is -4.18. The Morgan fingerprint density at radius 1 is 0.611 bits per heavy atom. The molecule has 6 amide bonds. The number of aromatic hydroxyl groups is 1. The van der Waals surface area contributed by atoms with Crippen molar-refractivity contribution in [3.63, 3.8) is 0 Å². The summed E-state index contributed by atoms with van der Waals surface area (Å²) in [6, 6.07) is 18.6. The molecule has 19 heteroatoms. The monoisotopic (exact) mass is 985 g/mol. The Morgan fingerprint density at radius 3 is 1.54 bits per heavy atom. The van der Waals surface area contributed by atoms with Crippen molar-refractivity contribution in [1.29, 1.82) is 0 Å². The first-order valence-electron chi connectivity index (χ1n) is 16.1. The van der Waals surface area contributed by atoms with Crippen molar-refractivity contribution >= 4 is 48.1 Å². The fourth-order valence-corrected chi connectivity index (χ4v) is 4.87. The average molecular weight is 987 g/mol. The van der Waals surface area contributed by atoms with E-state index in [0.717, 1.165) is 5.56 Å². The fraction of sp³-hybridized carbons (Fsp3) is 0.314. The quantitative estimate of drug-likeness (QED) is 0.0456. The molecule has 3 aromatic carbocycles. The summed E-state index contributed by atoms with van der Waals surface area (Å²) in [6.45, 7) is 0.895. The maximum Gasteiger partial charge on any atom is 2.00 e. The van der Waals surface area contributed by atoms with Crippen LogP contribution < -0.4 is 68.4 Å². The van der Waals surface area contributed by atoms with Gasteiger partial charge in [0.1, 0.15) is 23.9 Å². The predicted octanol–water partition coefficient (Wildman–Crippen LogP) is -7.25. The summed E-state index contributed by atoms with van der Waals surface area (Å²) >= 11 is 4.03. The van der Waals surface area contributed by atoms with Crippen LogP contribution in [0.1, 0.15) is 23.6 Å². The Labute approximate surface area is 345 Å². The van der Waals surface area contributed by atoms with Crippen molar-refractivity contribution in [2.24, 2.45) is 11.5 Å². The zero-order valence-corrected chi connectivity index (χ0v) is 33.8. The molecule has 15 nitrogen and oxygen atoms in total. The number of halogens is 2. The van der Waals surface area contributed by atoms with E-state index in [2.05, 4.69) is 44.7 Å². The van der Waals surface area contributed by atoms with Gasteiger partial charge in [-0.05, 0) is 42.2 Å². The van der Waals surface area contributed by atoms with Gasteiger partial charge < -0.3 is 62.7 Å². The molecular weight excluding hydrogens is 942 g/mol. The summed E-state index contributed by atoms with van der Waals surface area (Å²) in [4.78, 5) is 77.1. The van der Waals surface area contributed by atoms with Gasteiger partial charge in [-0.2, -0.15) is 12.6 Å². The van der Waals surface area contributed by atoms with Gasteiger partial charge in [0.2, 0.25) is 23.6 Å². The molecule has 0 fully saturated rings. The Bertz CT molecular complexity index is 1650. The molecular formula is C35H44Cl2N8O7PtS. The number of thiol groups is 1. The standard InChI is InChI=1S/C35H44N8O7S.2ClH.Pt/c1-21(39-32(47)26(36)16-24-12-14-25(44)15-13-24)31(46)38-19-30(45)40-28(17-22-8-4-2-5-9-22)34(49)42-43-35(50)29(41-33(48)27(37)20-51)18-23-10-6-3-7-11-23;;;/h2-15,21,26-29,44,51H,16-20,36-37H2,1H3,(H,38,46)(H,39,47)(H,40,45)(H,41,48)(H,42,49)(H,43,50);2*1H;/q;;;+2/p-2/t21-,26-,27-,28-,29-;;;/m0.../s1. The smallest absolute Gasteiger partial charge is 1.00 e. The number of phenols is 1. The van der Waals surface area contributed by atoms with E-state index >= 15 is 0 Å².